The number of phosphoric acid groups is 1. The standard InChI is InChI=1S/C43H86NO8P/c1-5-7-9-11-13-15-17-18-19-20-21-22-23-24-26-27-29-31-33-35-42(45)49-39-41(40-51-53(47,48)50-38-37-44(3)4)52-43(46)36-34-32-30-28-25-16-14-12-10-8-6-2/h41H,5-40H2,1-4H3,(H,47,48). The highest BCUT2D eigenvalue weighted by Crippen LogP contribution is 2.43. The molecule has 0 bridgehead atoms. The molecule has 1 N–H and O–H groups in total. The molecule has 53 heavy (non-hydrogen) atoms. The molecule has 0 fully saturated rings. The van der Waals surface area contributed by atoms with Crippen LogP contribution in [-0.2, 0) is 32.7 Å². The number of carbonyl (C=O) groups excluding carboxylic acids is 2. The number of rotatable bonds is 42. The van der Waals surface area contributed by atoms with E-state index < -0.39 is 26.5 Å². The van der Waals surface area contributed by atoms with Crippen LogP contribution in [0.2, 0.25) is 0 Å². The predicted molar refractivity (Wildman–Crippen MR) is 220 cm³/mol. The van der Waals surface area contributed by atoms with Crippen LogP contribution in [0.1, 0.15) is 219 Å². The van der Waals surface area contributed by atoms with Gasteiger partial charge in [-0.3, -0.25) is 18.6 Å². The monoisotopic (exact) mass is 776 g/mol. The van der Waals surface area contributed by atoms with Crippen LogP contribution in [-0.4, -0.2) is 68.3 Å². The van der Waals surface area contributed by atoms with Crippen LogP contribution in [0.5, 0.6) is 0 Å². The number of carbonyl (C=O) groups is 2. The maximum absolute atomic E-state index is 12.6. The van der Waals surface area contributed by atoms with Crippen molar-refractivity contribution in [1.29, 1.82) is 0 Å². The zero-order chi connectivity index (χ0) is 39.1. The van der Waals surface area contributed by atoms with Gasteiger partial charge in [0.05, 0.1) is 13.2 Å². The summed E-state index contributed by atoms with van der Waals surface area (Å²) in [6, 6.07) is 0. The normalized spacial score (nSPS) is 13.3. The zero-order valence-electron chi connectivity index (χ0n) is 35.2. The molecule has 2 unspecified atom stereocenters. The third kappa shape index (κ3) is 40.5. The average Bonchev–Trinajstić information content (AvgIpc) is 3.12. The highest BCUT2D eigenvalue weighted by molar-refractivity contribution is 7.47. The number of ether oxygens (including phenoxy) is 2. The first-order chi connectivity index (χ1) is 25.7. The first kappa shape index (κ1) is 52.0. The van der Waals surface area contributed by atoms with Crippen molar-refractivity contribution in [3.8, 4) is 0 Å². The van der Waals surface area contributed by atoms with Gasteiger partial charge in [-0.25, -0.2) is 4.57 Å². The van der Waals surface area contributed by atoms with E-state index >= 15 is 0 Å². The van der Waals surface area contributed by atoms with Gasteiger partial charge >= 0.3 is 19.8 Å². The van der Waals surface area contributed by atoms with E-state index in [1.807, 2.05) is 19.0 Å². The molecule has 0 saturated heterocycles. The fourth-order valence-electron chi connectivity index (χ4n) is 6.45. The summed E-state index contributed by atoms with van der Waals surface area (Å²) >= 11 is 0. The van der Waals surface area contributed by atoms with Crippen molar-refractivity contribution in [3.63, 3.8) is 0 Å². The summed E-state index contributed by atoms with van der Waals surface area (Å²) < 4.78 is 33.4. The fourth-order valence-corrected chi connectivity index (χ4v) is 7.20. The summed E-state index contributed by atoms with van der Waals surface area (Å²) in [5, 5.41) is 0. The maximum atomic E-state index is 12.6. The third-order valence-electron chi connectivity index (χ3n) is 9.91. The Morgan fingerprint density at radius 3 is 1.21 bits per heavy atom. The van der Waals surface area contributed by atoms with E-state index in [1.54, 1.807) is 0 Å². The lowest BCUT2D eigenvalue weighted by Crippen LogP contribution is -2.29. The average molecular weight is 776 g/mol. The molecule has 0 radical (unpaired) electrons. The largest absolute Gasteiger partial charge is 0.472 e. The van der Waals surface area contributed by atoms with Gasteiger partial charge in [-0.2, -0.15) is 0 Å². The van der Waals surface area contributed by atoms with E-state index in [0.29, 0.717) is 19.4 Å². The Labute approximate surface area is 327 Å². The van der Waals surface area contributed by atoms with Crippen molar-refractivity contribution in [2.75, 3.05) is 40.5 Å². The molecule has 0 rings (SSSR count). The van der Waals surface area contributed by atoms with Crippen LogP contribution in [0.25, 0.3) is 0 Å². The lowest BCUT2D eigenvalue weighted by molar-refractivity contribution is -0.161. The van der Waals surface area contributed by atoms with E-state index in [1.165, 1.54) is 154 Å². The highest BCUT2D eigenvalue weighted by Gasteiger charge is 2.26. The Hall–Kier alpha value is -0.990. The SMILES string of the molecule is CCCCCCCCCCCCCCCCCCCCCC(=O)OCC(COP(=O)(O)OCCN(C)C)OC(=O)CCCCCCCCCCCCC. The van der Waals surface area contributed by atoms with Crippen LogP contribution >= 0.6 is 7.82 Å². The zero-order valence-corrected chi connectivity index (χ0v) is 36.1. The summed E-state index contributed by atoms with van der Waals surface area (Å²) in [6.45, 7) is 4.35. The van der Waals surface area contributed by atoms with Gasteiger partial charge in [-0.15, -0.1) is 0 Å². The van der Waals surface area contributed by atoms with Gasteiger partial charge in [0, 0.05) is 19.4 Å². The van der Waals surface area contributed by atoms with Gasteiger partial charge in [0.1, 0.15) is 6.61 Å². The van der Waals surface area contributed by atoms with E-state index in [4.69, 9.17) is 18.5 Å². The fraction of sp³-hybridized carbons (Fsp3) is 0.953. The smallest absolute Gasteiger partial charge is 0.462 e. The molecule has 316 valence electrons. The molecule has 0 saturated carbocycles. The van der Waals surface area contributed by atoms with Crippen molar-refractivity contribution in [3.05, 3.63) is 0 Å². The minimum absolute atomic E-state index is 0.0124. The molecule has 0 aromatic carbocycles. The Morgan fingerprint density at radius 2 is 0.849 bits per heavy atom. The number of hydrogen-bond donors (Lipinski definition) is 1. The number of hydrogen-bond acceptors (Lipinski definition) is 8. The lowest BCUT2D eigenvalue weighted by atomic mass is 10.0. The van der Waals surface area contributed by atoms with Crippen molar-refractivity contribution in [1.82, 2.24) is 4.90 Å². The van der Waals surface area contributed by atoms with Gasteiger partial charge in [0.25, 0.3) is 0 Å². The maximum Gasteiger partial charge on any atom is 0.472 e. The van der Waals surface area contributed by atoms with Crippen molar-refractivity contribution in [2.24, 2.45) is 0 Å². The second kappa shape index (κ2) is 39.3. The van der Waals surface area contributed by atoms with Gasteiger partial charge in [-0.05, 0) is 26.9 Å². The van der Waals surface area contributed by atoms with Gasteiger partial charge in [0.15, 0.2) is 6.10 Å². The van der Waals surface area contributed by atoms with E-state index in [2.05, 4.69) is 13.8 Å². The molecule has 0 spiro atoms. The van der Waals surface area contributed by atoms with Crippen molar-refractivity contribution >= 4 is 19.8 Å². The molecule has 2 atom stereocenters. The summed E-state index contributed by atoms with van der Waals surface area (Å²) in [4.78, 5) is 37.0. The molecule has 0 aliphatic carbocycles. The van der Waals surface area contributed by atoms with Crippen LogP contribution in [0.15, 0.2) is 0 Å². The van der Waals surface area contributed by atoms with Gasteiger partial charge < -0.3 is 19.3 Å². The Kier molecular flexibility index (Phi) is 38.5. The number of phosphoric ester groups is 1. The summed E-state index contributed by atoms with van der Waals surface area (Å²) in [5.74, 6) is -0.788. The third-order valence-corrected chi connectivity index (χ3v) is 10.9. The Morgan fingerprint density at radius 1 is 0.509 bits per heavy atom. The first-order valence-electron chi connectivity index (χ1n) is 22.3. The Bertz CT molecular complexity index is 858. The van der Waals surface area contributed by atoms with Gasteiger partial charge in [0.2, 0.25) is 0 Å². The molecule has 0 aliphatic heterocycles. The minimum atomic E-state index is -4.35. The topological polar surface area (TPSA) is 112 Å². The van der Waals surface area contributed by atoms with E-state index in [9.17, 15) is 19.0 Å². The predicted octanol–water partition coefficient (Wildman–Crippen LogP) is 12.7. The van der Waals surface area contributed by atoms with Crippen molar-refractivity contribution in [2.45, 2.75) is 225 Å². The van der Waals surface area contributed by atoms with Gasteiger partial charge in [-0.1, -0.05) is 194 Å². The molecular formula is C43H86NO8P. The summed E-state index contributed by atoms with van der Waals surface area (Å²) in [5.41, 5.74) is 0. The molecule has 9 nitrogen and oxygen atoms in total. The second-order valence-electron chi connectivity index (χ2n) is 15.6. The molecule has 0 aromatic rings. The van der Waals surface area contributed by atoms with Crippen LogP contribution in [0, 0.1) is 0 Å². The van der Waals surface area contributed by atoms with Crippen LogP contribution < -0.4 is 0 Å². The number of likely N-dealkylation sites (N-methyl/N-ethyl adjacent to an activating group) is 1. The Balaban J connectivity index is 4.16. The number of nitrogens with zero attached hydrogens (tertiary/aromatic N) is 1. The lowest BCUT2D eigenvalue weighted by Gasteiger charge is -2.20. The molecule has 0 heterocycles. The summed E-state index contributed by atoms with van der Waals surface area (Å²) in [7, 11) is -0.696. The second-order valence-corrected chi connectivity index (χ2v) is 17.0. The molecular weight excluding hydrogens is 689 g/mol. The van der Waals surface area contributed by atoms with Crippen molar-refractivity contribution < 1.29 is 37.6 Å². The van der Waals surface area contributed by atoms with Crippen LogP contribution in [0.4, 0.5) is 0 Å². The van der Waals surface area contributed by atoms with Crippen LogP contribution in [0.3, 0.4) is 0 Å². The molecule has 10 heteroatoms. The minimum Gasteiger partial charge on any atom is -0.462 e. The molecule has 0 aliphatic rings. The highest BCUT2D eigenvalue weighted by atomic mass is 31.2. The number of unbranched alkanes of at least 4 members (excludes halogenated alkanes) is 28. The first-order valence-corrected chi connectivity index (χ1v) is 23.8. The molecule has 0 aromatic heterocycles. The van der Waals surface area contributed by atoms with E-state index in [-0.39, 0.29) is 25.6 Å². The summed E-state index contributed by atoms with van der Waals surface area (Å²) in [6.07, 6.45) is 37.2. The van der Waals surface area contributed by atoms with E-state index in [0.717, 1.165) is 32.1 Å². The quantitative estimate of drug-likeness (QED) is 0.0368. The number of esters is 2. The molecule has 0 amide bonds.